The van der Waals surface area contributed by atoms with Gasteiger partial charge in [-0.15, -0.1) is 0 Å². The smallest absolute Gasteiger partial charge is 0.234 e. The first-order valence-corrected chi connectivity index (χ1v) is 8.57. The first-order chi connectivity index (χ1) is 11.5. The molecule has 1 aromatic carbocycles. The fraction of sp³-hybridized carbons (Fsp3) is 0.556. The number of hydrogen-bond donors (Lipinski definition) is 2. The minimum Gasteiger partial charge on any atom is -0.353 e. The summed E-state index contributed by atoms with van der Waals surface area (Å²) in [7, 11) is 0. The van der Waals surface area contributed by atoms with Gasteiger partial charge in [0.2, 0.25) is 11.8 Å². The molecular weight excluding hydrogens is 304 g/mol. The number of carbonyl (C=O) groups excluding carboxylic acids is 2. The Morgan fingerprint density at radius 3 is 2.04 bits per heavy atom. The number of carbonyl (C=O) groups is 2. The standard InChI is InChI=1S/C18H28N4O2/c1-15(2)20-18(24)14-22-10-8-21(9-11-22)13-17(23)19-12-16-6-4-3-5-7-16/h3-7,15H,8-14H2,1-2H3,(H,19,23)(H,20,24). The first-order valence-electron chi connectivity index (χ1n) is 8.57. The Bertz CT molecular complexity index is 525. The van der Waals surface area contributed by atoms with E-state index in [9.17, 15) is 9.59 Å². The van der Waals surface area contributed by atoms with Crippen LogP contribution < -0.4 is 10.6 Å². The van der Waals surface area contributed by atoms with Gasteiger partial charge in [0.05, 0.1) is 13.1 Å². The maximum Gasteiger partial charge on any atom is 0.234 e. The van der Waals surface area contributed by atoms with Gasteiger partial charge in [-0.1, -0.05) is 30.3 Å². The van der Waals surface area contributed by atoms with E-state index in [4.69, 9.17) is 0 Å². The van der Waals surface area contributed by atoms with Crippen molar-refractivity contribution in [1.29, 1.82) is 0 Å². The summed E-state index contributed by atoms with van der Waals surface area (Å²) in [5, 5.41) is 5.86. The van der Waals surface area contributed by atoms with Crippen LogP contribution in [0.1, 0.15) is 19.4 Å². The Balaban J connectivity index is 1.63. The Kier molecular flexibility index (Phi) is 7.21. The number of benzene rings is 1. The molecule has 0 atom stereocenters. The average molecular weight is 332 g/mol. The summed E-state index contributed by atoms with van der Waals surface area (Å²) in [4.78, 5) is 28.1. The zero-order chi connectivity index (χ0) is 17.4. The van der Waals surface area contributed by atoms with E-state index >= 15 is 0 Å². The van der Waals surface area contributed by atoms with E-state index in [1.807, 2.05) is 44.2 Å². The molecule has 2 amide bonds. The van der Waals surface area contributed by atoms with Gasteiger partial charge < -0.3 is 10.6 Å². The van der Waals surface area contributed by atoms with Gasteiger partial charge >= 0.3 is 0 Å². The van der Waals surface area contributed by atoms with E-state index in [1.165, 1.54) is 0 Å². The van der Waals surface area contributed by atoms with E-state index in [0.29, 0.717) is 19.6 Å². The van der Waals surface area contributed by atoms with Crippen molar-refractivity contribution in [2.75, 3.05) is 39.3 Å². The number of piperazine rings is 1. The molecule has 6 nitrogen and oxygen atoms in total. The molecular formula is C18H28N4O2. The monoisotopic (exact) mass is 332 g/mol. The van der Waals surface area contributed by atoms with Gasteiger partial charge in [0.25, 0.3) is 0 Å². The highest BCUT2D eigenvalue weighted by Gasteiger charge is 2.20. The van der Waals surface area contributed by atoms with Gasteiger partial charge in [-0.3, -0.25) is 19.4 Å². The van der Waals surface area contributed by atoms with Crippen molar-refractivity contribution in [2.45, 2.75) is 26.4 Å². The van der Waals surface area contributed by atoms with Gasteiger partial charge in [0, 0.05) is 38.8 Å². The highest BCUT2D eigenvalue weighted by Crippen LogP contribution is 2.02. The molecule has 6 heteroatoms. The van der Waals surface area contributed by atoms with Crippen molar-refractivity contribution in [1.82, 2.24) is 20.4 Å². The lowest BCUT2D eigenvalue weighted by atomic mass is 10.2. The van der Waals surface area contributed by atoms with Crippen molar-refractivity contribution >= 4 is 11.8 Å². The molecule has 0 spiro atoms. The zero-order valence-corrected chi connectivity index (χ0v) is 14.6. The highest BCUT2D eigenvalue weighted by atomic mass is 16.2. The summed E-state index contributed by atoms with van der Waals surface area (Å²) in [6, 6.07) is 10.1. The summed E-state index contributed by atoms with van der Waals surface area (Å²) >= 11 is 0. The largest absolute Gasteiger partial charge is 0.353 e. The van der Waals surface area contributed by atoms with Crippen molar-refractivity contribution in [3.63, 3.8) is 0 Å². The second-order valence-electron chi connectivity index (χ2n) is 6.54. The van der Waals surface area contributed by atoms with Crippen LogP contribution in [0.25, 0.3) is 0 Å². The number of hydrogen-bond acceptors (Lipinski definition) is 4. The van der Waals surface area contributed by atoms with E-state index < -0.39 is 0 Å². The Labute approximate surface area is 144 Å². The number of nitrogens with one attached hydrogen (secondary N) is 2. The second kappa shape index (κ2) is 9.39. The molecule has 1 fully saturated rings. The highest BCUT2D eigenvalue weighted by molar-refractivity contribution is 5.78. The first kappa shape index (κ1) is 18.4. The lowest BCUT2D eigenvalue weighted by Crippen LogP contribution is -2.51. The van der Waals surface area contributed by atoms with Crippen LogP contribution in [0.5, 0.6) is 0 Å². The lowest BCUT2D eigenvalue weighted by Gasteiger charge is -2.33. The zero-order valence-electron chi connectivity index (χ0n) is 14.6. The van der Waals surface area contributed by atoms with Gasteiger partial charge in [-0.05, 0) is 19.4 Å². The van der Waals surface area contributed by atoms with Crippen LogP contribution in [0.4, 0.5) is 0 Å². The predicted molar refractivity (Wildman–Crippen MR) is 94.4 cm³/mol. The summed E-state index contributed by atoms with van der Waals surface area (Å²) < 4.78 is 0. The van der Waals surface area contributed by atoms with Crippen molar-refractivity contribution in [2.24, 2.45) is 0 Å². The predicted octanol–water partition coefficient (Wildman–Crippen LogP) is 0.445. The minimum atomic E-state index is 0.0462. The second-order valence-corrected chi connectivity index (χ2v) is 6.54. The van der Waals surface area contributed by atoms with E-state index in [0.717, 1.165) is 31.7 Å². The van der Waals surface area contributed by atoms with Gasteiger partial charge in [-0.25, -0.2) is 0 Å². The number of amides is 2. The molecule has 0 aliphatic carbocycles. The van der Waals surface area contributed by atoms with Gasteiger partial charge in [-0.2, -0.15) is 0 Å². The Hall–Kier alpha value is -1.92. The summed E-state index contributed by atoms with van der Waals surface area (Å²) in [6.07, 6.45) is 0. The summed E-state index contributed by atoms with van der Waals surface area (Å²) in [6.45, 7) is 8.60. The molecule has 1 heterocycles. The average Bonchev–Trinajstić information content (AvgIpc) is 2.55. The molecule has 1 aliphatic rings. The van der Waals surface area contributed by atoms with Gasteiger partial charge in [0.1, 0.15) is 0 Å². The molecule has 0 unspecified atom stereocenters. The number of rotatable bonds is 7. The fourth-order valence-corrected chi connectivity index (χ4v) is 2.73. The quantitative estimate of drug-likeness (QED) is 0.761. The van der Waals surface area contributed by atoms with Crippen LogP contribution in [0.15, 0.2) is 30.3 Å². The molecule has 0 saturated carbocycles. The SMILES string of the molecule is CC(C)NC(=O)CN1CCN(CC(=O)NCc2ccccc2)CC1. The van der Waals surface area contributed by atoms with E-state index in [2.05, 4.69) is 20.4 Å². The molecule has 0 aromatic heterocycles. The molecule has 132 valence electrons. The Morgan fingerprint density at radius 1 is 0.958 bits per heavy atom. The van der Waals surface area contributed by atoms with Crippen LogP contribution in [0, 0.1) is 0 Å². The fourth-order valence-electron chi connectivity index (χ4n) is 2.73. The van der Waals surface area contributed by atoms with Crippen LogP contribution >= 0.6 is 0 Å². The van der Waals surface area contributed by atoms with E-state index in [1.54, 1.807) is 0 Å². The summed E-state index contributed by atoms with van der Waals surface area (Å²) in [5.74, 6) is 0.115. The van der Waals surface area contributed by atoms with E-state index in [-0.39, 0.29) is 17.9 Å². The van der Waals surface area contributed by atoms with Crippen molar-refractivity contribution in [3.8, 4) is 0 Å². The maximum atomic E-state index is 12.0. The van der Waals surface area contributed by atoms with Gasteiger partial charge in [0.15, 0.2) is 0 Å². The molecule has 1 aliphatic heterocycles. The number of nitrogens with zero attached hydrogens (tertiary/aromatic N) is 2. The molecule has 24 heavy (non-hydrogen) atoms. The maximum absolute atomic E-state index is 12.0. The van der Waals surface area contributed by atoms with Crippen LogP contribution in [0.2, 0.25) is 0 Å². The summed E-state index contributed by atoms with van der Waals surface area (Å²) in [5.41, 5.74) is 1.10. The van der Waals surface area contributed by atoms with Crippen LogP contribution in [0.3, 0.4) is 0 Å². The molecule has 0 bridgehead atoms. The Morgan fingerprint density at radius 2 is 1.50 bits per heavy atom. The third kappa shape index (κ3) is 6.68. The molecule has 1 aromatic rings. The third-order valence-electron chi connectivity index (χ3n) is 3.98. The lowest BCUT2D eigenvalue weighted by molar-refractivity contribution is -0.125. The van der Waals surface area contributed by atoms with Crippen molar-refractivity contribution < 1.29 is 9.59 Å². The minimum absolute atomic E-state index is 0.0462. The topological polar surface area (TPSA) is 64.7 Å². The van der Waals surface area contributed by atoms with Crippen LogP contribution in [-0.4, -0.2) is 66.9 Å². The third-order valence-corrected chi connectivity index (χ3v) is 3.98. The molecule has 1 saturated heterocycles. The molecule has 2 N–H and O–H groups in total. The van der Waals surface area contributed by atoms with Crippen LogP contribution in [-0.2, 0) is 16.1 Å². The van der Waals surface area contributed by atoms with Crippen molar-refractivity contribution in [3.05, 3.63) is 35.9 Å². The molecule has 2 rings (SSSR count). The molecule has 0 radical (unpaired) electrons. The normalized spacial score (nSPS) is 16.1.